The molecule has 0 amide bonds. The first-order chi connectivity index (χ1) is 11.3. The molecule has 0 saturated carbocycles. The van der Waals surface area contributed by atoms with Gasteiger partial charge in [-0.05, 0) is 57.4 Å². The summed E-state index contributed by atoms with van der Waals surface area (Å²) in [7, 11) is -3.61. The zero-order chi connectivity index (χ0) is 17.9. The Hall–Kier alpha value is -1.11. The zero-order valence-corrected chi connectivity index (χ0v) is 16.1. The van der Waals surface area contributed by atoms with Gasteiger partial charge in [-0.1, -0.05) is 13.3 Å². The highest BCUT2D eigenvalue weighted by Crippen LogP contribution is 2.31. The van der Waals surface area contributed by atoms with Gasteiger partial charge in [0.15, 0.2) is 0 Å². The van der Waals surface area contributed by atoms with E-state index in [1.807, 2.05) is 33.8 Å². The van der Waals surface area contributed by atoms with Gasteiger partial charge in [0.25, 0.3) is 0 Å². The Labute approximate surface area is 146 Å². The molecule has 6 heteroatoms. The van der Waals surface area contributed by atoms with Crippen LogP contribution in [0.4, 0.5) is 0 Å². The monoisotopic (exact) mass is 355 g/mol. The van der Waals surface area contributed by atoms with Crippen molar-refractivity contribution in [1.29, 1.82) is 0 Å². The van der Waals surface area contributed by atoms with Crippen LogP contribution < -0.4 is 4.74 Å². The number of rotatable bonds is 6. The first-order valence-corrected chi connectivity index (χ1v) is 10.1. The van der Waals surface area contributed by atoms with E-state index in [1.54, 1.807) is 6.07 Å². The number of unbranched alkanes of at least 4 members (excludes halogenated alkanes) is 1. The fraction of sp³-hybridized carbons (Fsp3) is 0.667. The number of sulfonamides is 1. The second-order valence-electron chi connectivity index (χ2n) is 6.66. The van der Waals surface area contributed by atoms with Crippen LogP contribution in [0.25, 0.3) is 0 Å². The molecule has 0 aliphatic carbocycles. The van der Waals surface area contributed by atoms with Gasteiger partial charge in [-0.2, -0.15) is 4.31 Å². The summed E-state index contributed by atoms with van der Waals surface area (Å²) in [6, 6.07) is 3.57. The van der Waals surface area contributed by atoms with E-state index < -0.39 is 10.0 Å². The average Bonchev–Trinajstić information content (AvgIpc) is 2.49. The predicted molar refractivity (Wildman–Crippen MR) is 95.1 cm³/mol. The van der Waals surface area contributed by atoms with E-state index in [1.165, 1.54) is 4.31 Å². The van der Waals surface area contributed by atoms with Crippen molar-refractivity contribution in [3.8, 4) is 5.75 Å². The number of benzene rings is 1. The van der Waals surface area contributed by atoms with E-state index in [2.05, 4.69) is 6.92 Å². The lowest BCUT2D eigenvalue weighted by Crippen LogP contribution is -2.48. The molecule has 1 aromatic rings. The van der Waals surface area contributed by atoms with Gasteiger partial charge in [0.05, 0.1) is 18.8 Å². The van der Waals surface area contributed by atoms with Gasteiger partial charge in [0.2, 0.25) is 10.0 Å². The molecule has 2 atom stereocenters. The van der Waals surface area contributed by atoms with Crippen molar-refractivity contribution >= 4 is 10.0 Å². The minimum Gasteiger partial charge on any atom is -0.492 e. The van der Waals surface area contributed by atoms with E-state index in [0.717, 1.165) is 24.0 Å². The maximum Gasteiger partial charge on any atom is 0.246 e. The lowest BCUT2D eigenvalue weighted by atomic mass is 10.1. The maximum atomic E-state index is 13.2. The number of aryl methyl sites for hydroxylation is 2. The molecule has 0 unspecified atom stereocenters. The Morgan fingerprint density at radius 3 is 2.33 bits per heavy atom. The normalized spacial score (nSPS) is 22.5. The number of nitrogens with zero attached hydrogens (tertiary/aromatic N) is 1. The molecule has 5 nitrogen and oxygen atoms in total. The highest BCUT2D eigenvalue weighted by Gasteiger charge is 2.34. The van der Waals surface area contributed by atoms with E-state index in [0.29, 0.717) is 25.4 Å². The molecule has 1 saturated heterocycles. The molecule has 0 aromatic heterocycles. The number of ether oxygens (including phenoxy) is 2. The highest BCUT2D eigenvalue weighted by molar-refractivity contribution is 7.89. The predicted octanol–water partition coefficient (Wildman–Crippen LogP) is 3.28. The fourth-order valence-corrected chi connectivity index (χ4v) is 4.66. The fourth-order valence-electron chi connectivity index (χ4n) is 2.87. The molecule has 136 valence electrons. The zero-order valence-electron chi connectivity index (χ0n) is 15.3. The molecular formula is C18H29NO4S. The summed E-state index contributed by atoms with van der Waals surface area (Å²) >= 11 is 0. The summed E-state index contributed by atoms with van der Waals surface area (Å²) in [6.45, 7) is 11.0. The van der Waals surface area contributed by atoms with Crippen molar-refractivity contribution in [2.45, 2.75) is 64.6 Å². The van der Waals surface area contributed by atoms with Gasteiger partial charge in [0.1, 0.15) is 10.6 Å². The lowest BCUT2D eigenvalue weighted by Gasteiger charge is -2.34. The SMILES string of the molecule is CCCCOc1cc(C)c(C)cc1S(=O)(=O)N1C[C@H](C)O[C@@H](C)C1. The average molecular weight is 356 g/mol. The van der Waals surface area contributed by atoms with Crippen molar-refractivity contribution in [1.82, 2.24) is 4.31 Å². The van der Waals surface area contributed by atoms with Crippen LogP contribution in [-0.2, 0) is 14.8 Å². The van der Waals surface area contributed by atoms with Crippen LogP contribution in [-0.4, -0.2) is 44.6 Å². The summed E-state index contributed by atoms with van der Waals surface area (Å²) in [5.41, 5.74) is 1.98. The van der Waals surface area contributed by atoms with Crippen molar-refractivity contribution in [2.24, 2.45) is 0 Å². The van der Waals surface area contributed by atoms with E-state index in [4.69, 9.17) is 9.47 Å². The first kappa shape index (κ1) is 19.2. The van der Waals surface area contributed by atoms with Crippen LogP contribution >= 0.6 is 0 Å². The highest BCUT2D eigenvalue weighted by atomic mass is 32.2. The summed E-state index contributed by atoms with van der Waals surface area (Å²) in [4.78, 5) is 0.267. The first-order valence-electron chi connectivity index (χ1n) is 8.65. The Bertz CT molecular complexity index is 662. The largest absolute Gasteiger partial charge is 0.492 e. The van der Waals surface area contributed by atoms with Gasteiger partial charge >= 0.3 is 0 Å². The Balaban J connectivity index is 2.38. The summed E-state index contributed by atoms with van der Waals surface area (Å²) in [5.74, 6) is 0.457. The molecule has 0 N–H and O–H groups in total. The van der Waals surface area contributed by atoms with Crippen LogP contribution in [0.1, 0.15) is 44.7 Å². The molecule has 1 heterocycles. The van der Waals surface area contributed by atoms with E-state index in [-0.39, 0.29) is 17.1 Å². The van der Waals surface area contributed by atoms with Crippen LogP contribution in [0.3, 0.4) is 0 Å². The number of hydrogen-bond donors (Lipinski definition) is 0. The molecule has 24 heavy (non-hydrogen) atoms. The molecule has 1 aliphatic rings. The smallest absolute Gasteiger partial charge is 0.246 e. The van der Waals surface area contributed by atoms with E-state index in [9.17, 15) is 8.42 Å². The van der Waals surface area contributed by atoms with Crippen LogP contribution in [0.2, 0.25) is 0 Å². The van der Waals surface area contributed by atoms with Crippen LogP contribution in [0, 0.1) is 13.8 Å². The van der Waals surface area contributed by atoms with Crippen molar-refractivity contribution < 1.29 is 17.9 Å². The molecular weight excluding hydrogens is 326 g/mol. The molecule has 1 fully saturated rings. The second kappa shape index (κ2) is 7.85. The minimum atomic E-state index is -3.61. The van der Waals surface area contributed by atoms with Gasteiger partial charge in [-0.25, -0.2) is 8.42 Å². The Kier molecular flexibility index (Phi) is 6.28. The van der Waals surface area contributed by atoms with Gasteiger partial charge < -0.3 is 9.47 Å². The molecule has 1 aromatic carbocycles. The van der Waals surface area contributed by atoms with Crippen molar-refractivity contribution in [2.75, 3.05) is 19.7 Å². The summed E-state index contributed by atoms with van der Waals surface area (Å²) < 4.78 is 39.4. The third-order valence-corrected chi connectivity index (χ3v) is 6.17. The quantitative estimate of drug-likeness (QED) is 0.735. The van der Waals surface area contributed by atoms with Crippen LogP contribution in [0.15, 0.2) is 17.0 Å². The third kappa shape index (κ3) is 4.29. The molecule has 1 aliphatic heterocycles. The maximum absolute atomic E-state index is 13.2. The summed E-state index contributed by atoms with van der Waals surface area (Å²) in [5, 5.41) is 0. The molecule has 0 spiro atoms. The topological polar surface area (TPSA) is 55.8 Å². The van der Waals surface area contributed by atoms with Gasteiger partial charge in [-0.15, -0.1) is 0 Å². The van der Waals surface area contributed by atoms with Gasteiger partial charge in [-0.3, -0.25) is 0 Å². The van der Waals surface area contributed by atoms with E-state index >= 15 is 0 Å². The minimum absolute atomic E-state index is 0.112. The lowest BCUT2D eigenvalue weighted by molar-refractivity contribution is -0.0441. The Morgan fingerprint density at radius 1 is 1.17 bits per heavy atom. The third-order valence-electron chi connectivity index (χ3n) is 4.32. The molecule has 2 rings (SSSR count). The number of hydrogen-bond acceptors (Lipinski definition) is 4. The molecule has 0 bridgehead atoms. The number of morpholine rings is 1. The van der Waals surface area contributed by atoms with Gasteiger partial charge in [0, 0.05) is 13.1 Å². The van der Waals surface area contributed by atoms with Crippen LogP contribution in [0.5, 0.6) is 5.75 Å². The van der Waals surface area contributed by atoms with Crippen molar-refractivity contribution in [3.05, 3.63) is 23.3 Å². The Morgan fingerprint density at radius 2 is 1.75 bits per heavy atom. The standard InChI is InChI=1S/C18H29NO4S/c1-6-7-8-22-17-9-13(2)14(3)10-18(17)24(20,21)19-11-15(4)23-16(5)12-19/h9-10,15-16H,6-8,11-12H2,1-5H3/t15-,16-/m0/s1. The molecule has 0 radical (unpaired) electrons. The summed E-state index contributed by atoms with van der Waals surface area (Å²) in [6.07, 6.45) is 1.68. The second-order valence-corrected chi connectivity index (χ2v) is 8.57. The van der Waals surface area contributed by atoms with Crippen molar-refractivity contribution in [3.63, 3.8) is 0 Å².